The molecule has 0 bridgehead atoms. The third-order valence-corrected chi connectivity index (χ3v) is 1.75. The van der Waals surface area contributed by atoms with Crippen molar-refractivity contribution in [1.82, 2.24) is 15.5 Å². The predicted octanol–water partition coefficient (Wildman–Crippen LogP) is 1.02. The van der Waals surface area contributed by atoms with Crippen LogP contribution >= 0.6 is 0 Å². The Labute approximate surface area is 90.2 Å². The minimum absolute atomic E-state index is 0.0602. The molecule has 0 atom stereocenters. The highest BCUT2D eigenvalue weighted by atomic mass is 16.5. The summed E-state index contributed by atoms with van der Waals surface area (Å²) in [5, 5.41) is 6.97. The van der Waals surface area contributed by atoms with E-state index in [1.54, 1.807) is 0 Å². The number of rotatable bonds is 6. The van der Waals surface area contributed by atoms with Gasteiger partial charge in [-0.2, -0.15) is 4.98 Å². The average molecular weight is 213 g/mol. The van der Waals surface area contributed by atoms with Gasteiger partial charge in [-0.15, -0.1) is 0 Å². The number of nitrogens with zero attached hydrogens (tertiary/aromatic N) is 2. The van der Waals surface area contributed by atoms with Crippen LogP contribution in [0.3, 0.4) is 0 Å². The summed E-state index contributed by atoms with van der Waals surface area (Å²) in [6.45, 7) is 8.54. The summed E-state index contributed by atoms with van der Waals surface area (Å²) in [6, 6.07) is 0. The van der Waals surface area contributed by atoms with Crippen LogP contribution in [-0.4, -0.2) is 35.4 Å². The maximum Gasteiger partial charge on any atom is 0.213 e. The van der Waals surface area contributed by atoms with E-state index >= 15 is 0 Å². The summed E-state index contributed by atoms with van der Waals surface area (Å²) in [4.78, 5) is 3.92. The van der Waals surface area contributed by atoms with Gasteiger partial charge in [0, 0.05) is 19.5 Å². The van der Waals surface area contributed by atoms with Crippen molar-refractivity contribution in [2.24, 2.45) is 0 Å². The van der Waals surface area contributed by atoms with E-state index in [9.17, 15) is 0 Å². The lowest BCUT2D eigenvalue weighted by atomic mass is 10.2. The summed E-state index contributed by atoms with van der Waals surface area (Å²) in [5.41, 5.74) is -0.0602. The molecule has 86 valence electrons. The normalized spacial score (nSPS) is 11.9. The lowest BCUT2D eigenvalue weighted by Gasteiger charge is -2.19. The topological polar surface area (TPSA) is 60.2 Å². The molecule has 5 heteroatoms. The van der Waals surface area contributed by atoms with Crippen LogP contribution < -0.4 is 5.32 Å². The Morgan fingerprint density at radius 2 is 2.20 bits per heavy atom. The monoisotopic (exact) mass is 213 g/mol. The van der Waals surface area contributed by atoms with Gasteiger partial charge in [0.25, 0.3) is 0 Å². The van der Waals surface area contributed by atoms with Crippen molar-refractivity contribution in [3.8, 4) is 0 Å². The van der Waals surface area contributed by atoms with Gasteiger partial charge in [0.05, 0.1) is 12.2 Å². The summed E-state index contributed by atoms with van der Waals surface area (Å²) in [7, 11) is 0. The first kappa shape index (κ1) is 12.1. The van der Waals surface area contributed by atoms with E-state index in [-0.39, 0.29) is 5.60 Å². The van der Waals surface area contributed by atoms with Crippen LogP contribution in [0.15, 0.2) is 10.9 Å². The van der Waals surface area contributed by atoms with E-state index in [2.05, 4.69) is 20.0 Å². The van der Waals surface area contributed by atoms with Gasteiger partial charge in [-0.1, -0.05) is 5.16 Å². The van der Waals surface area contributed by atoms with Gasteiger partial charge in [-0.05, 0) is 20.8 Å². The van der Waals surface area contributed by atoms with Gasteiger partial charge in [0.15, 0.2) is 5.82 Å². The van der Waals surface area contributed by atoms with Crippen LogP contribution in [0.5, 0.6) is 0 Å². The van der Waals surface area contributed by atoms with Gasteiger partial charge < -0.3 is 14.6 Å². The standard InChI is InChI=1S/C10H19N3O2/c1-10(2,3)14-7-6-11-5-4-9-12-8-15-13-9/h8,11H,4-7H2,1-3H3. The second-order valence-corrected chi connectivity index (χ2v) is 4.31. The van der Waals surface area contributed by atoms with Crippen LogP contribution in [0.4, 0.5) is 0 Å². The minimum atomic E-state index is -0.0602. The first-order valence-corrected chi connectivity index (χ1v) is 5.18. The van der Waals surface area contributed by atoms with Crippen LogP contribution in [-0.2, 0) is 11.2 Å². The van der Waals surface area contributed by atoms with Crippen molar-refractivity contribution in [2.75, 3.05) is 19.7 Å². The van der Waals surface area contributed by atoms with E-state index in [1.807, 2.05) is 20.8 Å². The fraction of sp³-hybridized carbons (Fsp3) is 0.800. The summed E-state index contributed by atoms with van der Waals surface area (Å²) in [6.07, 6.45) is 2.13. The second kappa shape index (κ2) is 5.82. The lowest BCUT2D eigenvalue weighted by molar-refractivity contribution is -0.000720. The maximum absolute atomic E-state index is 5.55. The van der Waals surface area contributed by atoms with Gasteiger partial charge in [0.1, 0.15) is 0 Å². The van der Waals surface area contributed by atoms with Crippen LogP contribution in [0.1, 0.15) is 26.6 Å². The lowest BCUT2D eigenvalue weighted by Crippen LogP contribution is -2.27. The largest absolute Gasteiger partial charge is 0.375 e. The molecule has 0 unspecified atom stereocenters. The first-order valence-electron chi connectivity index (χ1n) is 5.18. The Hall–Kier alpha value is -0.940. The molecule has 1 heterocycles. The highest BCUT2D eigenvalue weighted by Crippen LogP contribution is 2.04. The van der Waals surface area contributed by atoms with Crippen molar-refractivity contribution in [3.63, 3.8) is 0 Å². The molecular formula is C10H19N3O2. The smallest absolute Gasteiger partial charge is 0.213 e. The molecule has 0 amide bonds. The molecular weight excluding hydrogens is 194 g/mol. The number of aromatic nitrogens is 2. The summed E-state index contributed by atoms with van der Waals surface area (Å²) in [5.74, 6) is 0.735. The zero-order chi connectivity index (χ0) is 11.1. The van der Waals surface area contributed by atoms with Crippen LogP contribution in [0.2, 0.25) is 0 Å². The average Bonchev–Trinajstić information content (AvgIpc) is 2.61. The van der Waals surface area contributed by atoms with E-state index in [0.717, 1.165) is 31.9 Å². The number of ether oxygens (including phenoxy) is 1. The predicted molar refractivity (Wildman–Crippen MR) is 56.6 cm³/mol. The molecule has 0 fully saturated rings. The molecule has 1 aromatic heterocycles. The van der Waals surface area contributed by atoms with Gasteiger partial charge in [-0.25, -0.2) is 0 Å². The number of hydrogen-bond donors (Lipinski definition) is 1. The Morgan fingerprint density at radius 1 is 1.40 bits per heavy atom. The second-order valence-electron chi connectivity index (χ2n) is 4.31. The molecule has 1 N–H and O–H groups in total. The molecule has 15 heavy (non-hydrogen) atoms. The van der Waals surface area contributed by atoms with E-state index in [4.69, 9.17) is 4.74 Å². The first-order chi connectivity index (χ1) is 7.08. The Morgan fingerprint density at radius 3 is 2.80 bits per heavy atom. The molecule has 0 aliphatic carbocycles. The zero-order valence-electron chi connectivity index (χ0n) is 9.62. The quantitative estimate of drug-likeness (QED) is 0.715. The molecule has 0 aromatic carbocycles. The molecule has 0 saturated heterocycles. The minimum Gasteiger partial charge on any atom is -0.375 e. The summed E-state index contributed by atoms with van der Waals surface area (Å²) < 4.78 is 10.2. The van der Waals surface area contributed by atoms with Gasteiger partial charge in [-0.3, -0.25) is 0 Å². The SMILES string of the molecule is CC(C)(C)OCCNCCc1ncon1. The Bertz CT molecular complexity index is 254. The highest BCUT2D eigenvalue weighted by Gasteiger charge is 2.08. The molecule has 1 rings (SSSR count). The Balaban J connectivity index is 1.94. The molecule has 1 aromatic rings. The van der Waals surface area contributed by atoms with Crippen molar-refractivity contribution in [1.29, 1.82) is 0 Å². The zero-order valence-corrected chi connectivity index (χ0v) is 9.62. The van der Waals surface area contributed by atoms with Gasteiger partial charge >= 0.3 is 0 Å². The fourth-order valence-electron chi connectivity index (χ4n) is 1.06. The molecule has 0 spiro atoms. The number of hydrogen-bond acceptors (Lipinski definition) is 5. The Kier molecular flexibility index (Phi) is 4.71. The van der Waals surface area contributed by atoms with E-state index < -0.39 is 0 Å². The molecule has 0 saturated carbocycles. The number of nitrogens with one attached hydrogen (secondary N) is 1. The highest BCUT2D eigenvalue weighted by molar-refractivity contribution is 4.78. The third-order valence-electron chi connectivity index (χ3n) is 1.75. The molecule has 0 aliphatic heterocycles. The van der Waals surface area contributed by atoms with Crippen LogP contribution in [0, 0.1) is 0 Å². The van der Waals surface area contributed by atoms with Gasteiger partial charge in [0.2, 0.25) is 6.39 Å². The molecule has 5 nitrogen and oxygen atoms in total. The maximum atomic E-state index is 5.55. The third kappa shape index (κ3) is 6.19. The van der Waals surface area contributed by atoms with E-state index in [0.29, 0.717) is 0 Å². The molecule has 0 radical (unpaired) electrons. The van der Waals surface area contributed by atoms with Crippen LogP contribution in [0.25, 0.3) is 0 Å². The van der Waals surface area contributed by atoms with Crippen molar-refractivity contribution < 1.29 is 9.26 Å². The fourth-order valence-corrected chi connectivity index (χ4v) is 1.06. The summed E-state index contributed by atoms with van der Waals surface area (Å²) >= 11 is 0. The van der Waals surface area contributed by atoms with E-state index in [1.165, 1.54) is 6.39 Å². The van der Waals surface area contributed by atoms with Crippen molar-refractivity contribution in [3.05, 3.63) is 12.2 Å². The molecule has 0 aliphatic rings. The van der Waals surface area contributed by atoms with Crippen molar-refractivity contribution in [2.45, 2.75) is 32.8 Å². The van der Waals surface area contributed by atoms with Crippen molar-refractivity contribution >= 4 is 0 Å².